The topological polar surface area (TPSA) is 297 Å². The Balaban J connectivity index is 0.000000380. The summed E-state index contributed by atoms with van der Waals surface area (Å²) < 4.78 is 394. The number of rotatable bonds is 25. The van der Waals surface area contributed by atoms with Gasteiger partial charge in [0.25, 0.3) is 30.1 Å². The number of nitrogens with one attached hydrogen (secondary N) is 2. The molecule has 45 heteroatoms. The van der Waals surface area contributed by atoms with Crippen LogP contribution in [0.2, 0.25) is 0 Å². The summed E-state index contributed by atoms with van der Waals surface area (Å²) in [5.74, 6) is -17.2. The molecule has 0 aliphatic carbocycles. The molecule has 0 unspecified atom stereocenters. The number of halogens is 18. The van der Waals surface area contributed by atoms with Gasteiger partial charge in [-0.3, -0.25) is 9.59 Å². The summed E-state index contributed by atoms with van der Waals surface area (Å²) in [4.78, 5) is 25.2. The molecule has 89 heavy (non-hydrogen) atoms. The van der Waals surface area contributed by atoms with Crippen molar-refractivity contribution in [3.8, 4) is 17.2 Å². The molecule has 0 radical (unpaired) electrons. The van der Waals surface area contributed by atoms with Gasteiger partial charge in [0.05, 0.1) is 0 Å². The first-order valence-corrected chi connectivity index (χ1v) is 31.9. The summed E-state index contributed by atoms with van der Waals surface area (Å²) in [6.07, 6.45) is 2.44. The minimum Gasteiger partial charge on any atom is -0.489 e. The zero-order chi connectivity index (χ0) is 68.4. The van der Waals surface area contributed by atoms with Gasteiger partial charge in [0.15, 0.2) is 0 Å². The number of benzene rings is 4. The molecule has 0 bridgehead atoms. The fourth-order valence-corrected chi connectivity index (χ4v) is 14.0. The van der Waals surface area contributed by atoms with Crippen LogP contribution in [0.4, 0.5) is 79.0 Å². The second kappa shape index (κ2) is 26.0. The van der Waals surface area contributed by atoms with Crippen LogP contribution in [0.3, 0.4) is 0 Å². The lowest BCUT2D eigenvalue weighted by Crippen LogP contribution is -2.66. The van der Waals surface area contributed by atoms with E-state index in [1.54, 1.807) is 54.6 Å². The molecule has 4 aromatic carbocycles. The standard InChI is InChI=1S/C23H16F9NO8S3.C21H22F9N3O9S3/c1-2-14-3-6-17-12-19(10-7-16(17)11-14)40-13-15-4-8-18(9-5-15)41-44(38,39)22(28,29)20(24,25)21(26,27)42(34,35)33-43(36,37)23(30,31)32;1-2-14-6-8-15(9-7-14)42-17(35)5-3-4-16(34)32-10-12-33(13-11-32)45(40,41)20(26,27)18(22,23)19(24,25)43(36,37)31-44(38,39)21(28,29)30/h2-12,33H,1,13H2;2,6-9,31H,1,3-5,10-13H2. The fourth-order valence-electron chi connectivity index (χ4n) is 6.67. The number of carbonyl (C=O) groups is 2. The highest BCUT2D eigenvalue weighted by atomic mass is 32.3. The number of piperazine rings is 1. The number of ether oxygens (including phenoxy) is 2. The summed E-state index contributed by atoms with van der Waals surface area (Å²) in [5, 5.41) is -27.5. The van der Waals surface area contributed by atoms with E-state index >= 15 is 0 Å². The van der Waals surface area contributed by atoms with Crippen molar-refractivity contribution in [2.75, 3.05) is 26.2 Å². The third kappa shape index (κ3) is 15.6. The lowest BCUT2D eigenvalue weighted by Gasteiger charge is -2.38. The van der Waals surface area contributed by atoms with Crippen molar-refractivity contribution in [2.45, 2.75) is 69.7 Å². The van der Waals surface area contributed by atoms with Gasteiger partial charge < -0.3 is 18.6 Å². The number of amides is 1. The molecule has 1 aliphatic rings. The van der Waals surface area contributed by atoms with Gasteiger partial charge in [-0.15, -0.1) is 0 Å². The molecule has 1 saturated heterocycles. The number of esters is 1. The van der Waals surface area contributed by atoms with Crippen LogP contribution in [0, 0.1) is 0 Å². The smallest absolute Gasteiger partial charge is 0.489 e. The predicted octanol–water partition coefficient (Wildman–Crippen LogP) is 7.83. The maximum absolute atomic E-state index is 14.5. The van der Waals surface area contributed by atoms with Gasteiger partial charge in [0, 0.05) is 39.0 Å². The van der Waals surface area contributed by atoms with E-state index in [4.69, 9.17) is 9.47 Å². The average Bonchev–Trinajstić information content (AvgIpc) is 0.724. The van der Waals surface area contributed by atoms with E-state index in [0.29, 0.717) is 17.9 Å². The number of sulfonamides is 5. The molecule has 1 heterocycles. The second-order valence-corrected chi connectivity index (χ2v) is 28.5. The lowest BCUT2D eigenvalue weighted by atomic mass is 10.1. The number of hydrogen-bond donors (Lipinski definition) is 2. The number of alkyl halides is 18. The molecule has 4 aromatic rings. The van der Waals surface area contributed by atoms with Crippen LogP contribution in [0.5, 0.6) is 17.2 Å². The number of fused-ring (bicyclic) bond motifs is 1. The van der Waals surface area contributed by atoms with Crippen molar-refractivity contribution in [3.05, 3.63) is 115 Å². The first-order valence-electron chi connectivity index (χ1n) is 23.1. The molecule has 1 fully saturated rings. The average molecular weight is 1430 g/mol. The Morgan fingerprint density at radius 2 is 0.899 bits per heavy atom. The molecule has 498 valence electrons. The second-order valence-electron chi connectivity index (χ2n) is 17.6. The van der Waals surface area contributed by atoms with E-state index in [-0.39, 0.29) is 37.2 Å². The minimum absolute atomic E-state index is 0.104. The van der Waals surface area contributed by atoms with E-state index in [1.807, 2.05) is 6.07 Å². The van der Waals surface area contributed by atoms with Crippen LogP contribution in [0.25, 0.3) is 22.9 Å². The van der Waals surface area contributed by atoms with E-state index in [9.17, 15) is 139 Å². The largest absolute Gasteiger partial charge is 0.512 e. The summed E-state index contributed by atoms with van der Waals surface area (Å²) in [6, 6.07) is 19.8. The molecule has 0 aromatic heterocycles. The van der Waals surface area contributed by atoms with Crippen LogP contribution < -0.4 is 21.9 Å². The highest BCUT2D eigenvalue weighted by Crippen LogP contribution is 2.53. The Morgan fingerprint density at radius 1 is 0.483 bits per heavy atom. The molecule has 2 N–H and O–H groups in total. The third-order valence-electron chi connectivity index (χ3n) is 11.5. The Hall–Kier alpha value is -6.52. The van der Waals surface area contributed by atoms with Gasteiger partial charge in [0.2, 0.25) is 5.91 Å². The zero-order valence-corrected chi connectivity index (χ0v) is 48.3. The molecule has 21 nitrogen and oxygen atoms in total. The van der Waals surface area contributed by atoms with Crippen molar-refractivity contribution in [3.63, 3.8) is 0 Å². The number of nitrogens with zero attached hydrogens (tertiary/aromatic N) is 2. The number of hydrogen-bond acceptors (Lipinski definition) is 17. The molecule has 1 amide bonds. The zero-order valence-electron chi connectivity index (χ0n) is 43.4. The lowest BCUT2D eigenvalue weighted by molar-refractivity contribution is -0.245. The Morgan fingerprint density at radius 3 is 1.36 bits per heavy atom. The Labute approximate surface area is 491 Å². The van der Waals surface area contributed by atoms with Crippen LogP contribution in [-0.4, -0.2) is 142 Å². The van der Waals surface area contributed by atoms with Crippen LogP contribution in [0.1, 0.15) is 36.0 Å². The maximum atomic E-state index is 14.5. The normalized spacial score (nSPS) is 15.1. The molecule has 0 atom stereocenters. The van der Waals surface area contributed by atoms with Gasteiger partial charge >= 0.3 is 80.0 Å². The van der Waals surface area contributed by atoms with E-state index in [0.717, 1.165) is 38.9 Å². The van der Waals surface area contributed by atoms with Crippen molar-refractivity contribution in [1.29, 1.82) is 0 Å². The highest BCUT2D eigenvalue weighted by Gasteiger charge is 2.85. The molecule has 5 rings (SSSR count). The summed E-state index contributed by atoms with van der Waals surface area (Å²) in [5.41, 5.74) is -11.5. The van der Waals surface area contributed by atoms with Crippen LogP contribution in [0.15, 0.2) is 98.1 Å². The SMILES string of the molecule is C=Cc1ccc(OC(=O)CCCC(=O)N2CCN(S(=O)(=O)C(F)(F)C(F)(F)C(F)(F)S(=O)(=O)NS(=O)(=O)C(F)(F)F)CC2)cc1.C=Cc1ccc2cc(OCc3ccc(OS(=O)(=O)C(F)(F)C(F)(F)C(F)(F)S(=O)(=O)NS(=O)(=O)C(F)(F)F)cc3)ccc2c1. The van der Waals surface area contributed by atoms with Crippen molar-refractivity contribution < 1.29 is 153 Å². The van der Waals surface area contributed by atoms with Crippen LogP contribution >= 0.6 is 0 Å². The minimum atomic E-state index is -7.88. The maximum Gasteiger partial charge on any atom is 0.512 e. The van der Waals surface area contributed by atoms with E-state index in [2.05, 4.69) is 17.3 Å². The predicted molar refractivity (Wildman–Crippen MR) is 271 cm³/mol. The number of carbonyl (C=O) groups excluding carboxylic acids is 2. The Kier molecular flexibility index (Phi) is 21.9. The summed E-state index contributed by atoms with van der Waals surface area (Å²) in [7, 11) is -44.7. The monoisotopic (exact) mass is 1430 g/mol. The Bertz CT molecular complexity index is 4020. The van der Waals surface area contributed by atoms with Gasteiger partial charge in [-0.2, -0.15) is 91.8 Å². The van der Waals surface area contributed by atoms with Crippen molar-refractivity contribution >= 4 is 95.0 Å². The molecular formula is C44H38F18N4O17S6. The quantitative estimate of drug-likeness (QED) is 0.0276. The first kappa shape index (κ1) is 74.9. The van der Waals surface area contributed by atoms with E-state index < -0.39 is 160 Å². The molecule has 0 saturated carbocycles. The third-order valence-corrected chi connectivity index (χ3v) is 21.3. The highest BCUT2D eigenvalue weighted by molar-refractivity contribution is 8.06. The molecular weight excluding hydrogens is 1390 g/mol. The van der Waals surface area contributed by atoms with Crippen molar-refractivity contribution in [1.82, 2.24) is 17.5 Å². The van der Waals surface area contributed by atoms with Crippen molar-refractivity contribution in [2.24, 2.45) is 0 Å². The van der Waals surface area contributed by atoms with Gasteiger partial charge in [-0.1, -0.05) is 76.0 Å². The van der Waals surface area contributed by atoms with Crippen LogP contribution in [-0.2, 0) is 76.4 Å². The first-order chi connectivity index (χ1) is 40.1. The summed E-state index contributed by atoms with van der Waals surface area (Å²) >= 11 is 0. The molecule has 1 aliphatic heterocycles. The van der Waals surface area contributed by atoms with Gasteiger partial charge in [-0.25, -0.2) is 42.1 Å². The molecule has 0 spiro atoms. The van der Waals surface area contributed by atoms with Gasteiger partial charge in [-0.05, 0) is 76.3 Å². The van der Waals surface area contributed by atoms with Gasteiger partial charge in [0.1, 0.15) is 23.9 Å². The summed E-state index contributed by atoms with van der Waals surface area (Å²) in [6.45, 7) is 3.06. The fraction of sp³-hybridized carbons (Fsp3) is 0.364. The van der Waals surface area contributed by atoms with E-state index in [1.165, 1.54) is 12.1 Å².